The SMILES string of the molecule is COc1cccc2c1nc(CCl)n2CCS(C)(=O)=O. The van der Waals surface area contributed by atoms with E-state index in [1.807, 2.05) is 22.8 Å². The molecule has 0 saturated carbocycles. The number of aryl methyl sites for hydroxylation is 1. The number of hydrogen-bond acceptors (Lipinski definition) is 4. The zero-order chi connectivity index (χ0) is 14.0. The van der Waals surface area contributed by atoms with Gasteiger partial charge in [-0.25, -0.2) is 13.4 Å². The number of imidazole rings is 1. The van der Waals surface area contributed by atoms with Gasteiger partial charge in [-0.05, 0) is 12.1 Å². The van der Waals surface area contributed by atoms with Crippen LogP contribution in [0.15, 0.2) is 18.2 Å². The molecule has 0 aliphatic carbocycles. The van der Waals surface area contributed by atoms with Crippen molar-refractivity contribution in [2.24, 2.45) is 0 Å². The molecule has 1 aromatic carbocycles. The van der Waals surface area contributed by atoms with E-state index in [2.05, 4.69) is 4.98 Å². The van der Waals surface area contributed by atoms with Crippen molar-refractivity contribution in [2.75, 3.05) is 19.1 Å². The topological polar surface area (TPSA) is 61.2 Å². The van der Waals surface area contributed by atoms with E-state index in [0.717, 1.165) is 5.52 Å². The highest BCUT2D eigenvalue weighted by Crippen LogP contribution is 2.26. The lowest BCUT2D eigenvalue weighted by atomic mass is 10.3. The van der Waals surface area contributed by atoms with Gasteiger partial charge in [-0.2, -0.15) is 0 Å². The number of halogens is 1. The summed E-state index contributed by atoms with van der Waals surface area (Å²) >= 11 is 5.88. The fraction of sp³-hybridized carbons (Fsp3) is 0.417. The van der Waals surface area contributed by atoms with Gasteiger partial charge in [0.25, 0.3) is 0 Å². The lowest BCUT2D eigenvalue weighted by Crippen LogP contribution is -2.12. The highest BCUT2D eigenvalue weighted by Gasteiger charge is 2.14. The van der Waals surface area contributed by atoms with Gasteiger partial charge in [0, 0.05) is 12.8 Å². The predicted molar refractivity (Wildman–Crippen MR) is 75.6 cm³/mol. The summed E-state index contributed by atoms with van der Waals surface area (Å²) in [6, 6.07) is 5.54. The zero-order valence-corrected chi connectivity index (χ0v) is 12.3. The van der Waals surface area contributed by atoms with E-state index in [9.17, 15) is 8.42 Å². The molecule has 1 heterocycles. The fourth-order valence-corrected chi connectivity index (χ4v) is 2.66. The summed E-state index contributed by atoms with van der Waals surface area (Å²) in [7, 11) is -1.46. The quantitative estimate of drug-likeness (QED) is 0.791. The summed E-state index contributed by atoms with van der Waals surface area (Å²) in [6.07, 6.45) is 1.22. The van der Waals surface area contributed by atoms with E-state index in [1.54, 1.807) is 7.11 Å². The summed E-state index contributed by atoms with van der Waals surface area (Å²) in [5.74, 6) is 1.58. The molecule has 0 atom stereocenters. The second kappa shape index (κ2) is 5.38. The summed E-state index contributed by atoms with van der Waals surface area (Å²) in [6.45, 7) is 0.338. The molecule has 0 radical (unpaired) electrons. The van der Waals surface area contributed by atoms with Crippen molar-refractivity contribution in [3.05, 3.63) is 24.0 Å². The van der Waals surface area contributed by atoms with E-state index in [-0.39, 0.29) is 11.6 Å². The van der Waals surface area contributed by atoms with Crippen molar-refractivity contribution in [2.45, 2.75) is 12.4 Å². The minimum absolute atomic E-state index is 0.0551. The van der Waals surface area contributed by atoms with Crippen LogP contribution in [0.1, 0.15) is 5.82 Å². The number of para-hydroxylation sites is 1. The molecule has 19 heavy (non-hydrogen) atoms. The van der Waals surface area contributed by atoms with Gasteiger partial charge in [0.15, 0.2) is 0 Å². The van der Waals surface area contributed by atoms with Crippen LogP contribution in [0, 0.1) is 0 Å². The second-order valence-corrected chi connectivity index (χ2v) is 6.80. The Morgan fingerprint density at radius 1 is 1.42 bits per heavy atom. The molecular weight excluding hydrogens is 288 g/mol. The summed E-state index contributed by atoms with van der Waals surface area (Å²) in [5.41, 5.74) is 1.54. The lowest BCUT2D eigenvalue weighted by molar-refractivity contribution is 0.419. The Morgan fingerprint density at radius 3 is 2.74 bits per heavy atom. The number of rotatable bonds is 5. The first kappa shape index (κ1) is 14.1. The van der Waals surface area contributed by atoms with Gasteiger partial charge in [0.05, 0.1) is 24.3 Å². The van der Waals surface area contributed by atoms with Gasteiger partial charge in [0.2, 0.25) is 0 Å². The molecule has 0 aliphatic heterocycles. The van der Waals surface area contributed by atoms with Gasteiger partial charge in [-0.3, -0.25) is 0 Å². The average molecular weight is 303 g/mol. The summed E-state index contributed by atoms with van der Waals surface area (Å²) in [4.78, 5) is 4.41. The highest BCUT2D eigenvalue weighted by molar-refractivity contribution is 7.90. The standard InChI is InChI=1S/C12H15ClN2O3S/c1-18-10-5-3-4-9-12(10)14-11(8-13)15(9)6-7-19(2,16)17/h3-5H,6-8H2,1-2H3. The van der Waals surface area contributed by atoms with Crippen LogP contribution < -0.4 is 4.74 Å². The van der Waals surface area contributed by atoms with Crippen LogP contribution >= 0.6 is 11.6 Å². The summed E-state index contributed by atoms with van der Waals surface area (Å²) < 4.78 is 29.7. The molecule has 2 aromatic rings. The minimum Gasteiger partial charge on any atom is -0.494 e. The number of aromatic nitrogens is 2. The zero-order valence-electron chi connectivity index (χ0n) is 10.8. The molecule has 5 nitrogen and oxygen atoms in total. The van der Waals surface area contributed by atoms with E-state index in [4.69, 9.17) is 16.3 Å². The van der Waals surface area contributed by atoms with Crippen molar-refractivity contribution in [1.82, 2.24) is 9.55 Å². The molecule has 0 amide bonds. The molecule has 0 bridgehead atoms. The third-order valence-electron chi connectivity index (χ3n) is 2.85. The number of fused-ring (bicyclic) bond motifs is 1. The first-order chi connectivity index (χ1) is 8.96. The monoisotopic (exact) mass is 302 g/mol. The molecule has 1 aromatic heterocycles. The number of sulfone groups is 1. The van der Waals surface area contributed by atoms with Crippen LogP contribution in [0.2, 0.25) is 0 Å². The number of nitrogens with zero attached hydrogens (tertiary/aromatic N) is 2. The van der Waals surface area contributed by atoms with Crippen molar-refractivity contribution in [3.63, 3.8) is 0 Å². The fourth-order valence-electron chi connectivity index (χ4n) is 1.94. The van der Waals surface area contributed by atoms with E-state index < -0.39 is 9.84 Å². The van der Waals surface area contributed by atoms with Gasteiger partial charge in [-0.15, -0.1) is 11.6 Å². The third-order valence-corrected chi connectivity index (χ3v) is 4.01. The minimum atomic E-state index is -3.03. The molecule has 0 spiro atoms. The molecule has 0 aliphatic rings. The maximum absolute atomic E-state index is 11.3. The van der Waals surface area contributed by atoms with E-state index >= 15 is 0 Å². The largest absolute Gasteiger partial charge is 0.494 e. The molecule has 2 rings (SSSR count). The molecule has 0 fully saturated rings. The predicted octanol–water partition coefficient (Wildman–Crippen LogP) is 1.83. The Hall–Kier alpha value is -1.27. The Bertz CT molecular complexity index is 694. The van der Waals surface area contributed by atoms with Crippen molar-refractivity contribution >= 4 is 32.5 Å². The Balaban J connectivity index is 2.52. The second-order valence-electron chi connectivity index (χ2n) is 4.27. The van der Waals surface area contributed by atoms with Gasteiger partial charge >= 0.3 is 0 Å². The van der Waals surface area contributed by atoms with Crippen LogP contribution in [0.5, 0.6) is 5.75 Å². The molecular formula is C12H15ClN2O3S. The molecule has 0 N–H and O–H groups in total. The van der Waals surface area contributed by atoms with Crippen molar-refractivity contribution < 1.29 is 13.2 Å². The first-order valence-electron chi connectivity index (χ1n) is 5.72. The number of benzene rings is 1. The third kappa shape index (κ3) is 3.01. The first-order valence-corrected chi connectivity index (χ1v) is 8.31. The number of hydrogen-bond donors (Lipinski definition) is 0. The van der Waals surface area contributed by atoms with Gasteiger partial charge < -0.3 is 9.30 Å². The smallest absolute Gasteiger partial charge is 0.149 e. The normalized spacial score (nSPS) is 11.9. The Morgan fingerprint density at radius 2 is 2.16 bits per heavy atom. The molecule has 104 valence electrons. The van der Waals surface area contributed by atoms with E-state index in [0.29, 0.717) is 23.6 Å². The Kier molecular flexibility index (Phi) is 4.01. The average Bonchev–Trinajstić information content (AvgIpc) is 2.73. The molecule has 0 saturated heterocycles. The van der Waals surface area contributed by atoms with Gasteiger partial charge in [0.1, 0.15) is 26.9 Å². The van der Waals surface area contributed by atoms with Crippen LogP contribution in [-0.4, -0.2) is 37.1 Å². The Labute approximate surface area is 117 Å². The number of ether oxygens (including phenoxy) is 1. The van der Waals surface area contributed by atoms with Crippen molar-refractivity contribution in [3.8, 4) is 5.75 Å². The van der Waals surface area contributed by atoms with Crippen molar-refractivity contribution in [1.29, 1.82) is 0 Å². The van der Waals surface area contributed by atoms with E-state index in [1.165, 1.54) is 6.26 Å². The van der Waals surface area contributed by atoms with Crippen LogP contribution in [0.25, 0.3) is 11.0 Å². The lowest BCUT2D eigenvalue weighted by Gasteiger charge is -2.07. The molecule has 0 unspecified atom stereocenters. The molecule has 7 heteroatoms. The number of methoxy groups -OCH3 is 1. The van der Waals surface area contributed by atoms with Crippen LogP contribution in [0.3, 0.4) is 0 Å². The summed E-state index contributed by atoms with van der Waals surface area (Å²) in [5, 5.41) is 0. The maximum Gasteiger partial charge on any atom is 0.149 e. The van der Waals surface area contributed by atoms with Crippen LogP contribution in [-0.2, 0) is 22.3 Å². The van der Waals surface area contributed by atoms with Gasteiger partial charge in [-0.1, -0.05) is 6.07 Å². The van der Waals surface area contributed by atoms with Crippen LogP contribution in [0.4, 0.5) is 0 Å². The maximum atomic E-state index is 11.3. The number of alkyl halides is 1. The highest BCUT2D eigenvalue weighted by atomic mass is 35.5.